The van der Waals surface area contributed by atoms with Crippen LogP contribution in [0.2, 0.25) is 0 Å². The van der Waals surface area contributed by atoms with Gasteiger partial charge < -0.3 is 19.1 Å². The first-order valence-electron chi connectivity index (χ1n) is 7.82. The molecule has 25 heavy (non-hydrogen) atoms. The van der Waals surface area contributed by atoms with E-state index in [0.717, 1.165) is 11.3 Å². The van der Waals surface area contributed by atoms with Crippen LogP contribution < -0.4 is 14.2 Å². The molecule has 2 aromatic rings. The van der Waals surface area contributed by atoms with Crippen molar-refractivity contribution in [3.63, 3.8) is 0 Å². The molecule has 1 aliphatic rings. The molecule has 0 bridgehead atoms. The van der Waals surface area contributed by atoms with Gasteiger partial charge in [-0.2, -0.15) is 0 Å². The number of methoxy groups -OCH3 is 3. The molecule has 1 aromatic heterocycles. The Hall–Kier alpha value is -2.41. The maximum Gasteiger partial charge on any atom is 0.256 e. The van der Waals surface area contributed by atoms with E-state index in [0.29, 0.717) is 29.4 Å². The molecule has 0 radical (unpaired) electrons. The van der Waals surface area contributed by atoms with Crippen LogP contribution in [0.1, 0.15) is 21.3 Å². The molecule has 132 valence electrons. The molecule has 1 unspecified atom stereocenters. The second kappa shape index (κ2) is 7.65. The van der Waals surface area contributed by atoms with Gasteiger partial charge in [0.15, 0.2) is 11.5 Å². The average molecular weight is 360 g/mol. The molecule has 6 nitrogen and oxygen atoms in total. The van der Waals surface area contributed by atoms with Gasteiger partial charge in [-0.15, -0.1) is 11.8 Å². The van der Waals surface area contributed by atoms with Gasteiger partial charge in [0, 0.05) is 36.3 Å². The van der Waals surface area contributed by atoms with E-state index in [1.807, 2.05) is 11.0 Å². The number of rotatable bonds is 5. The van der Waals surface area contributed by atoms with Crippen LogP contribution in [-0.2, 0) is 0 Å². The number of carbonyl (C=O) groups is 1. The van der Waals surface area contributed by atoms with Gasteiger partial charge in [-0.1, -0.05) is 0 Å². The lowest BCUT2D eigenvalue weighted by Gasteiger charge is -2.26. The van der Waals surface area contributed by atoms with Gasteiger partial charge in [0.25, 0.3) is 5.91 Å². The third kappa shape index (κ3) is 3.37. The largest absolute Gasteiger partial charge is 0.496 e. The molecule has 7 heteroatoms. The van der Waals surface area contributed by atoms with Gasteiger partial charge in [0.1, 0.15) is 11.1 Å². The molecular formula is C18H20N2O4S. The summed E-state index contributed by atoms with van der Waals surface area (Å²) in [4.78, 5) is 18.8. The number of nitrogens with zero attached hydrogens (tertiary/aromatic N) is 2. The van der Waals surface area contributed by atoms with Gasteiger partial charge in [0.05, 0.1) is 26.9 Å². The second-order valence-electron chi connectivity index (χ2n) is 5.41. The maximum absolute atomic E-state index is 12.9. The fraction of sp³-hybridized carbons (Fsp3) is 0.333. The molecule has 3 rings (SSSR count). The monoisotopic (exact) mass is 360 g/mol. The van der Waals surface area contributed by atoms with Gasteiger partial charge in [0.2, 0.25) is 0 Å². The van der Waals surface area contributed by atoms with Gasteiger partial charge >= 0.3 is 0 Å². The normalized spacial score (nSPS) is 16.6. The Morgan fingerprint density at radius 1 is 1.16 bits per heavy atom. The molecule has 1 atom stereocenters. The lowest BCUT2D eigenvalue weighted by molar-refractivity contribution is 0.0758. The zero-order valence-electron chi connectivity index (χ0n) is 14.4. The third-order valence-corrected chi connectivity index (χ3v) is 5.30. The van der Waals surface area contributed by atoms with Gasteiger partial charge in [-0.25, -0.2) is 0 Å². The fourth-order valence-electron chi connectivity index (χ4n) is 2.84. The van der Waals surface area contributed by atoms with Crippen LogP contribution in [-0.4, -0.2) is 49.4 Å². The van der Waals surface area contributed by atoms with Crippen molar-refractivity contribution in [2.75, 3.05) is 33.6 Å². The van der Waals surface area contributed by atoms with Crippen molar-refractivity contribution in [1.29, 1.82) is 0 Å². The predicted octanol–water partition coefficient (Wildman–Crippen LogP) is 3.00. The smallest absolute Gasteiger partial charge is 0.256 e. The number of amides is 1. The van der Waals surface area contributed by atoms with E-state index in [4.69, 9.17) is 14.2 Å². The van der Waals surface area contributed by atoms with Crippen molar-refractivity contribution in [3.8, 4) is 17.2 Å². The Morgan fingerprint density at radius 3 is 2.52 bits per heavy atom. The minimum absolute atomic E-state index is 0.0417. The molecule has 0 aliphatic carbocycles. The Bertz CT molecular complexity index is 754. The van der Waals surface area contributed by atoms with Crippen LogP contribution in [0, 0.1) is 0 Å². The Morgan fingerprint density at radius 2 is 1.88 bits per heavy atom. The third-order valence-electron chi connectivity index (χ3n) is 4.06. The number of hydrogen-bond acceptors (Lipinski definition) is 6. The van der Waals surface area contributed by atoms with Gasteiger partial charge in [-0.3, -0.25) is 9.78 Å². The molecule has 1 fully saturated rings. The van der Waals surface area contributed by atoms with E-state index < -0.39 is 0 Å². The number of aromatic nitrogens is 1. The lowest BCUT2D eigenvalue weighted by Crippen LogP contribution is -2.30. The standard InChI is InChI=1S/C18H20N2O4S/c1-22-14-10-16(24-3)15(23-2)9-13(14)18-20(7-8-25-18)17(21)12-5-4-6-19-11-12/h4-6,9-11,18H,7-8H2,1-3H3. The van der Waals surface area contributed by atoms with Crippen LogP contribution in [0.5, 0.6) is 17.2 Å². The van der Waals surface area contributed by atoms with Crippen molar-refractivity contribution in [3.05, 3.63) is 47.8 Å². The number of ether oxygens (including phenoxy) is 3. The lowest BCUT2D eigenvalue weighted by atomic mass is 10.1. The van der Waals surface area contributed by atoms with Gasteiger partial charge in [-0.05, 0) is 18.2 Å². The topological polar surface area (TPSA) is 60.9 Å². The van der Waals surface area contributed by atoms with Crippen LogP contribution in [0.25, 0.3) is 0 Å². The summed E-state index contributed by atoms with van der Waals surface area (Å²) < 4.78 is 16.3. The van der Waals surface area contributed by atoms with Crippen molar-refractivity contribution < 1.29 is 19.0 Å². The zero-order valence-corrected chi connectivity index (χ0v) is 15.2. The van der Waals surface area contributed by atoms with E-state index in [2.05, 4.69) is 4.98 Å². The first-order valence-corrected chi connectivity index (χ1v) is 8.87. The van der Waals surface area contributed by atoms with Crippen molar-refractivity contribution >= 4 is 17.7 Å². The highest BCUT2D eigenvalue weighted by molar-refractivity contribution is 7.99. The van der Waals surface area contributed by atoms with Crippen molar-refractivity contribution in [1.82, 2.24) is 9.88 Å². The van der Waals surface area contributed by atoms with E-state index >= 15 is 0 Å². The number of thioether (sulfide) groups is 1. The molecule has 0 spiro atoms. The SMILES string of the molecule is COc1cc(OC)c(C2SCCN2C(=O)c2cccnc2)cc1OC. The molecule has 1 saturated heterocycles. The number of benzene rings is 1. The quantitative estimate of drug-likeness (QED) is 0.817. The molecule has 0 saturated carbocycles. The van der Waals surface area contributed by atoms with E-state index in [1.54, 1.807) is 63.7 Å². The first kappa shape index (κ1) is 17.4. The maximum atomic E-state index is 12.9. The predicted molar refractivity (Wildman–Crippen MR) is 96.6 cm³/mol. The summed E-state index contributed by atoms with van der Waals surface area (Å²) in [5, 5.41) is -0.150. The van der Waals surface area contributed by atoms with Crippen LogP contribution in [0.15, 0.2) is 36.7 Å². The minimum atomic E-state index is -0.150. The van der Waals surface area contributed by atoms with E-state index in [1.165, 1.54) is 0 Å². The molecule has 1 amide bonds. The summed E-state index contributed by atoms with van der Waals surface area (Å²) in [5.74, 6) is 2.69. The summed E-state index contributed by atoms with van der Waals surface area (Å²) in [6.45, 7) is 0.667. The number of hydrogen-bond donors (Lipinski definition) is 0. The first-order chi connectivity index (χ1) is 12.2. The van der Waals surface area contributed by atoms with Crippen LogP contribution in [0.4, 0.5) is 0 Å². The van der Waals surface area contributed by atoms with Crippen LogP contribution in [0.3, 0.4) is 0 Å². The molecule has 1 aliphatic heterocycles. The number of carbonyl (C=O) groups excluding carboxylic acids is 1. The summed E-state index contributed by atoms with van der Waals surface area (Å²) in [5.41, 5.74) is 1.47. The van der Waals surface area contributed by atoms with Crippen molar-refractivity contribution in [2.45, 2.75) is 5.37 Å². The van der Waals surface area contributed by atoms with E-state index in [9.17, 15) is 4.79 Å². The summed E-state index contributed by atoms with van der Waals surface area (Å²) >= 11 is 1.70. The highest BCUT2D eigenvalue weighted by Gasteiger charge is 2.34. The average Bonchev–Trinajstić information content (AvgIpc) is 3.16. The minimum Gasteiger partial charge on any atom is -0.496 e. The van der Waals surface area contributed by atoms with E-state index in [-0.39, 0.29) is 11.3 Å². The summed E-state index contributed by atoms with van der Waals surface area (Å²) in [7, 11) is 4.78. The Kier molecular flexibility index (Phi) is 5.33. The molecule has 1 aromatic carbocycles. The Labute approximate surface area is 151 Å². The van der Waals surface area contributed by atoms with Crippen molar-refractivity contribution in [2.24, 2.45) is 0 Å². The summed E-state index contributed by atoms with van der Waals surface area (Å²) in [6.07, 6.45) is 3.25. The highest BCUT2D eigenvalue weighted by atomic mass is 32.2. The van der Waals surface area contributed by atoms with Crippen LogP contribution >= 0.6 is 11.8 Å². The zero-order chi connectivity index (χ0) is 17.8. The highest BCUT2D eigenvalue weighted by Crippen LogP contribution is 2.46. The molecular weight excluding hydrogens is 340 g/mol. The molecule has 2 heterocycles. The fourth-order valence-corrected chi connectivity index (χ4v) is 4.11. The molecule has 0 N–H and O–H groups in total. The number of pyridine rings is 1. The Balaban J connectivity index is 1.98. The second-order valence-corrected chi connectivity index (χ2v) is 6.60. The summed E-state index contributed by atoms with van der Waals surface area (Å²) in [6, 6.07) is 7.22.